The van der Waals surface area contributed by atoms with Gasteiger partial charge >= 0.3 is 6.09 Å². The normalized spacial score (nSPS) is 15.5. The molecule has 8 N–H and O–H groups in total. The summed E-state index contributed by atoms with van der Waals surface area (Å²) in [4.78, 5) is 41.7. The van der Waals surface area contributed by atoms with Gasteiger partial charge in [-0.25, -0.2) is 4.79 Å². The number of nitrogens with two attached hydrogens (primary N) is 1. The Morgan fingerprint density at radius 3 is 2.44 bits per heavy atom. The van der Waals surface area contributed by atoms with E-state index in [9.17, 15) is 29.7 Å². The van der Waals surface area contributed by atoms with Gasteiger partial charge in [-0.1, -0.05) is 60.1 Å². The molecule has 0 aliphatic heterocycles. The van der Waals surface area contributed by atoms with Crippen LogP contribution in [0.15, 0.2) is 89.7 Å². The van der Waals surface area contributed by atoms with Crippen molar-refractivity contribution in [3.8, 4) is 22.6 Å². The largest absolute Gasteiger partial charge is 0.506 e. The Bertz CT molecular complexity index is 2220. The zero-order chi connectivity index (χ0) is 39.1. The molecule has 0 saturated heterocycles. The first-order valence-corrected chi connectivity index (χ1v) is 18.8. The molecule has 0 radical (unpaired) electrons. The van der Waals surface area contributed by atoms with Gasteiger partial charge in [-0.15, -0.1) is 0 Å². The predicted molar refractivity (Wildman–Crippen MR) is 220 cm³/mol. The van der Waals surface area contributed by atoms with E-state index in [0.717, 1.165) is 29.5 Å². The second kappa shape index (κ2) is 20.1. The van der Waals surface area contributed by atoms with Crippen molar-refractivity contribution in [2.24, 2.45) is 5.73 Å². The molecule has 1 heterocycles. The molecule has 1 atom stereocenters. The topological polar surface area (TPSA) is 190 Å². The lowest BCUT2D eigenvalue weighted by Gasteiger charge is -2.35. The van der Waals surface area contributed by atoms with Crippen LogP contribution in [-0.4, -0.2) is 58.0 Å². The van der Waals surface area contributed by atoms with E-state index in [2.05, 4.69) is 15.6 Å². The average Bonchev–Trinajstić information content (AvgIpc) is 3.17. The van der Waals surface area contributed by atoms with E-state index >= 15 is 0 Å². The van der Waals surface area contributed by atoms with Crippen molar-refractivity contribution in [3.63, 3.8) is 0 Å². The number of nitrogens with one attached hydrogen (secondary N) is 3. The Labute approximate surface area is 333 Å². The minimum absolute atomic E-state index is 0. The number of aryl methyl sites for hydroxylation is 1. The summed E-state index contributed by atoms with van der Waals surface area (Å²) in [6.07, 6.45) is 2.28. The molecule has 0 bridgehead atoms. The van der Waals surface area contributed by atoms with Crippen LogP contribution in [0.1, 0.15) is 61.3 Å². The van der Waals surface area contributed by atoms with Gasteiger partial charge in [0.05, 0.1) is 35.1 Å². The number of H-pyrrole nitrogens is 1. The van der Waals surface area contributed by atoms with Crippen molar-refractivity contribution >= 4 is 45.9 Å². The van der Waals surface area contributed by atoms with Crippen LogP contribution < -0.4 is 31.6 Å². The van der Waals surface area contributed by atoms with Gasteiger partial charge in [-0.05, 0) is 79.5 Å². The fourth-order valence-corrected chi connectivity index (χ4v) is 7.53. The Kier molecular flexibility index (Phi) is 15.5. The first kappa shape index (κ1) is 44.2. The number of aromatic nitrogens is 1. The number of hydrogen-bond donors (Lipinski definition) is 7. The standard InChI is InChI=1S/C42H46ClN5O7.2FH/c1-55-38-22-34(33(43)21-27(38)23-45-24-37(50)31-16-18-36(49)41-32(31)17-19-40(52)47-41)46-39(51)9-5-6-25-10-15-30(26-7-3-2-4-8-26)35(20-25)48(42(53)54)29-13-11-28(44)12-14-29;;/h2-4,7-8,10,15-22,28-29,37,45,49-50H,5-6,9,11-14,23-24,44H2,1H3,(H,46,51)(H,47,52)(H,53,54);2*1H/t28-,29-,37-;;/m0../s1. The third-order valence-electron chi connectivity index (χ3n) is 10.2. The molecule has 57 heavy (non-hydrogen) atoms. The highest BCUT2D eigenvalue weighted by Gasteiger charge is 2.31. The van der Waals surface area contributed by atoms with Crippen LogP contribution in [0.25, 0.3) is 22.0 Å². The minimum Gasteiger partial charge on any atom is -0.506 e. The quantitative estimate of drug-likeness (QED) is 0.0599. The number of pyridine rings is 1. The van der Waals surface area contributed by atoms with Crippen LogP contribution in [0.5, 0.6) is 11.5 Å². The number of amides is 2. The average molecular weight is 808 g/mol. The summed E-state index contributed by atoms with van der Waals surface area (Å²) in [5.74, 6) is 0.173. The number of carboxylic acid groups (broad SMARTS) is 1. The molecule has 0 unspecified atom stereocenters. The molecule has 15 heteroatoms. The van der Waals surface area contributed by atoms with Crippen LogP contribution in [-0.2, 0) is 17.8 Å². The summed E-state index contributed by atoms with van der Waals surface area (Å²) in [7, 11) is 1.52. The van der Waals surface area contributed by atoms with Crippen molar-refractivity contribution in [1.82, 2.24) is 10.3 Å². The number of benzene rings is 4. The van der Waals surface area contributed by atoms with Crippen LogP contribution in [0.2, 0.25) is 5.02 Å². The molecule has 5 aromatic rings. The molecular weight excluding hydrogens is 760 g/mol. The number of methoxy groups -OCH3 is 1. The number of aliphatic hydroxyl groups is 1. The van der Waals surface area contributed by atoms with Gasteiger partial charge in [-0.2, -0.15) is 0 Å². The van der Waals surface area contributed by atoms with Crippen molar-refractivity contribution in [3.05, 3.63) is 117 Å². The van der Waals surface area contributed by atoms with E-state index in [1.165, 1.54) is 24.1 Å². The summed E-state index contributed by atoms with van der Waals surface area (Å²) in [6.45, 7) is 0.442. The lowest BCUT2D eigenvalue weighted by molar-refractivity contribution is -0.116. The smallest absolute Gasteiger partial charge is 0.412 e. The molecule has 12 nitrogen and oxygen atoms in total. The highest BCUT2D eigenvalue weighted by molar-refractivity contribution is 6.33. The lowest BCUT2D eigenvalue weighted by atomic mass is 9.89. The number of fused-ring (bicyclic) bond motifs is 1. The number of anilines is 2. The van der Waals surface area contributed by atoms with Crippen molar-refractivity contribution in [2.45, 2.75) is 69.7 Å². The zero-order valence-corrected chi connectivity index (χ0v) is 32.1. The van der Waals surface area contributed by atoms with E-state index in [0.29, 0.717) is 70.9 Å². The fourth-order valence-electron chi connectivity index (χ4n) is 7.30. The van der Waals surface area contributed by atoms with Gasteiger partial charge in [0.15, 0.2) is 0 Å². The molecule has 0 spiro atoms. The van der Waals surface area contributed by atoms with E-state index in [1.807, 2.05) is 48.5 Å². The number of aromatic hydroxyl groups is 1. The molecule has 4 aromatic carbocycles. The molecule has 304 valence electrons. The zero-order valence-electron chi connectivity index (χ0n) is 31.4. The van der Waals surface area contributed by atoms with Gasteiger partial charge in [0, 0.05) is 60.2 Å². The third-order valence-corrected chi connectivity index (χ3v) is 10.5. The molecule has 1 aliphatic rings. The second-order valence-corrected chi connectivity index (χ2v) is 14.3. The van der Waals surface area contributed by atoms with Crippen LogP contribution in [0.3, 0.4) is 0 Å². The highest BCUT2D eigenvalue weighted by Crippen LogP contribution is 2.37. The Balaban J connectivity index is 0.00000360. The number of nitrogens with zero attached hydrogens (tertiary/aromatic N) is 1. The molecular formula is C42H48ClF2N5O7. The number of phenols is 1. The minimum atomic E-state index is -0.997. The van der Waals surface area contributed by atoms with E-state index in [4.69, 9.17) is 22.1 Å². The number of carbonyl (C=O) groups excluding carboxylic acids is 1. The number of aliphatic hydroxyl groups excluding tert-OH is 1. The molecule has 1 fully saturated rings. The SMILES string of the molecule is COc1cc(NC(=O)CCCc2ccc(-c3ccccc3)c(N(C(=O)O)[C@H]3CC[C@H](N)CC3)c2)c(Cl)cc1CNC[C@H](O)c1ccc(O)c2[nH]c(=O)ccc12.F.F. The molecule has 2 amide bonds. The first-order valence-electron chi connectivity index (χ1n) is 18.4. The Morgan fingerprint density at radius 2 is 1.74 bits per heavy atom. The predicted octanol–water partition coefficient (Wildman–Crippen LogP) is 7.41. The lowest BCUT2D eigenvalue weighted by Crippen LogP contribution is -2.44. The van der Waals surface area contributed by atoms with Crippen LogP contribution >= 0.6 is 11.6 Å². The molecule has 1 aromatic heterocycles. The summed E-state index contributed by atoms with van der Waals surface area (Å²) in [5.41, 5.74) is 11.0. The van der Waals surface area contributed by atoms with Crippen molar-refractivity contribution < 1.29 is 39.1 Å². The first-order chi connectivity index (χ1) is 26.5. The summed E-state index contributed by atoms with van der Waals surface area (Å²) < 4.78 is 5.60. The maximum absolute atomic E-state index is 13.1. The third kappa shape index (κ3) is 10.7. The van der Waals surface area contributed by atoms with Crippen molar-refractivity contribution in [1.29, 1.82) is 0 Å². The molecule has 1 aliphatic carbocycles. The van der Waals surface area contributed by atoms with E-state index in [-0.39, 0.29) is 57.2 Å². The van der Waals surface area contributed by atoms with Crippen molar-refractivity contribution in [2.75, 3.05) is 23.9 Å². The van der Waals surface area contributed by atoms with Gasteiger partial charge in [0.1, 0.15) is 11.5 Å². The van der Waals surface area contributed by atoms with Gasteiger partial charge in [0.2, 0.25) is 11.5 Å². The second-order valence-electron chi connectivity index (χ2n) is 13.9. The fraction of sp³-hybridized carbons (Fsp3) is 0.310. The highest BCUT2D eigenvalue weighted by atomic mass is 35.5. The maximum Gasteiger partial charge on any atom is 0.412 e. The number of halogens is 3. The van der Waals surface area contributed by atoms with Crippen LogP contribution in [0.4, 0.5) is 25.6 Å². The molecule has 6 rings (SSSR count). The van der Waals surface area contributed by atoms with Gasteiger partial charge < -0.3 is 41.4 Å². The Morgan fingerprint density at radius 1 is 1.00 bits per heavy atom. The number of carbonyl (C=O) groups is 2. The maximum atomic E-state index is 13.1. The molecule has 1 saturated carbocycles. The van der Waals surface area contributed by atoms with Gasteiger partial charge in [0.25, 0.3) is 0 Å². The number of hydrogen-bond acceptors (Lipinski definition) is 8. The summed E-state index contributed by atoms with van der Waals surface area (Å²) >= 11 is 6.61. The number of aromatic amines is 1. The summed E-state index contributed by atoms with van der Waals surface area (Å²) in [6, 6.07) is 24.8. The number of ether oxygens (including phenoxy) is 1. The number of phenolic OH excluding ortho intramolecular Hbond substituents is 1. The van der Waals surface area contributed by atoms with Gasteiger partial charge in [-0.3, -0.25) is 23.9 Å². The number of rotatable bonds is 14. The van der Waals surface area contributed by atoms with Crippen LogP contribution in [0, 0.1) is 0 Å². The van der Waals surface area contributed by atoms with E-state index in [1.54, 1.807) is 24.3 Å². The Hall–Kier alpha value is -5.54. The monoisotopic (exact) mass is 807 g/mol. The summed E-state index contributed by atoms with van der Waals surface area (Å²) in [5, 5.41) is 38.5. The van der Waals surface area contributed by atoms with E-state index < -0.39 is 12.2 Å².